The third-order valence-corrected chi connectivity index (χ3v) is 2.05. The number of hydrogen-bond acceptors (Lipinski definition) is 3. The van der Waals surface area contributed by atoms with Crippen LogP contribution in [0.15, 0.2) is 0 Å². The lowest BCUT2D eigenvalue weighted by atomic mass is 9.78. The van der Waals surface area contributed by atoms with Gasteiger partial charge in [-0.25, -0.2) is 0 Å². The Hall–Kier alpha value is -0.570. The lowest BCUT2D eigenvalue weighted by Crippen LogP contribution is -2.55. The highest BCUT2D eigenvalue weighted by atomic mass is 16.6. The van der Waals surface area contributed by atoms with Crippen molar-refractivity contribution in [2.75, 3.05) is 0 Å². The molecule has 70 valence electrons. The molecule has 1 saturated carbocycles. The van der Waals surface area contributed by atoms with Crippen LogP contribution in [-0.2, 0) is 9.53 Å². The molecule has 0 aromatic rings. The Labute approximate surface area is 73.3 Å². The summed E-state index contributed by atoms with van der Waals surface area (Å²) in [5.41, 5.74) is 4.69. The molecule has 1 aliphatic rings. The average molecular weight is 171 g/mol. The second kappa shape index (κ2) is 2.73. The van der Waals surface area contributed by atoms with E-state index < -0.39 is 11.1 Å². The molecule has 1 fully saturated rings. The zero-order chi connectivity index (χ0) is 9.41. The van der Waals surface area contributed by atoms with Gasteiger partial charge >= 0.3 is 5.97 Å². The second-order valence-electron chi connectivity index (χ2n) is 4.51. The van der Waals surface area contributed by atoms with E-state index in [2.05, 4.69) is 0 Å². The van der Waals surface area contributed by atoms with Crippen LogP contribution in [-0.4, -0.2) is 17.1 Å². The third kappa shape index (κ3) is 1.97. The molecular weight excluding hydrogens is 154 g/mol. The standard InChI is InChI=1S/C9H17NO2/c1-8(2,3)12-7(11)9(10)5-4-6-9/h4-6,10H2,1-3H3. The lowest BCUT2D eigenvalue weighted by molar-refractivity contribution is -0.165. The fraction of sp³-hybridized carbons (Fsp3) is 0.889. The smallest absolute Gasteiger partial charge is 0.326 e. The molecule has 0 spiro atoms. The normalized spacial score (nSPS) is 21.3. The van der Waals surface area contributed by atoms with Gasteiger partial charge in [0.15, 0.2) is 0 Å². The molecule has 1 rings (SSSR count). The van der Waals surface area contributed by atoms with Gasteiger partial charge in [-0.05, 0) is 40.0 Å². The predicted octanol–water partition coefficient (Wildman–Crippen LogP) is 1.21. The zero-order valence-corrected chi connectivity index (χ0v) is 8.02. The summed E-state index contributed by atoms with van der Waals surface area (Å²) in [5, 5.41) is 0. The quantitative estimate of drug-likeness (QED) is 0.603. The lowest BCUT2D eigenvalue weighted by Gasteiger charge is -2.37. The fourth-order valence-corrected chi connectivity index (χ4v) is 1.14. The van der Waals surface area contributed by atoms with Crippen LogP contribution >= 0.6 is 0 Å². The maximum absolute atomic E-state index is 11.4. The molecule has 12 heavy (non-hydrogen) atoms. The first-order chi connectivity index (χ1) is 5.33. The molecule has 2 N–H and O–H groups in total. The molecule has 3 heteroatoms. The van der Waals surface area contributed by atoms with Crippen molar-refractivity contribution >= 4 is 5.97 Å². The van der Waals surface area contributed by atoms with Crippen LogP contribution in [0.25, 0.3) is 0 Å². The van der Waals surface area contributed by atoms with Crippen LogP contribution in [0.1, 0.15) is 40.0 Å². The summed E-state index contributed by atoms with van der Waals surface area (Å²) in [5.74, 6) is -0.249. The minimum absolute atomic E-state index is 0.249. The van der Waals surface area contributed by atoms with Crippen LogP contribution < -0.4 is 5.73 Å². The molecule has 0 radical (unpaired) electrons. The van der Waals surface area contributed by atoms with Crippen molar-refractivity contribution in [1.29, 1.82) is 0 Å². The van der Waals surface area contributed by atoms with E-state index in [0.29, 0.717) is 0 Å². The highest BCUT2D eigenvalue weighted by Gasteiger charge is 2.43. The van der Waals surface area contributed by atoms with Crippen molar-refractivity contribution in [1.82, 2.24) is 0 Å². The topological polar surface area (TPSA) is 52.3 Å². The molecular formula is C9H17NO2. The highest BCUT2D eigenvalue weighted by molar-refractivity contribution is 5.81. The first-order valence-electron chi connectivity index (χ1n) is 4.36. The number of hydrogen-bond donors (Lipinski definition) is 1. The highest BCUT2D eigenvalue weighted by Crippen LogP contribution is 2.31. The average Bonchev–Trinajstić information content (AvgIpc) is 1.78. The van der Waals surface area contributed by atoms with Crippen molar-refractivity contribution in [3.8, 4) is 0 Å². The summed E-state index contributed by atoms with van der Waals surface area (Å²) in [7, 11) is 0. The van der Waals surface area contributed by atoms with Gasteiger partial charge in [0, 0.05) is 0 Å². The fourth-order valence-electron chi connectivity index (χ4n) is 1.14. The van der Waals surface area contributed by atoms with Gasteiger partial charge in [-0.3, -0.25) is 4.79 Å². The predicted molar refractivity (Wildman–Crippen MR) is 46.6 cm³/mol. The Morgan fingerprint density at radius 1 is 1.42 bits per heavy atom. The second-order valence-corrected chi connectivity index (χ2v) is 4.51. The van der Waals surface area contributed by atoms with Gasteiger partial charge in [-0.15, -0.1) is 0 Å². The number of esters is 1. The van der Waals surface area contributed by atoms with Gasteiger partial charge in [0.25, 0.3) is 0 Å². The molecule has 0 heterocycles. The number of carbonyl (C=O) groups is 1. The Bertz CT molecular complexity index is 189. The minimum atomic E-state index is -0.673. The minimum Gasteiger partial charge on any atom is -0.459 e. The summed E-state index contributed by atoms with van der Waals surface area (Å²) in [4.78, 5) is 11.4. The molecule has 1 aliphatic carbocycles. The van der Waals surface area contributed by atoms with Gasteiger partial charge in [0.05, 0.1) is 0 Å². The first-order valence-corrected chi connectivity index (χ1v) is 4.36. The largest absolute Gasteiger partial charge is 0.459 e. The van der Waals surface area contributed by atoms with Gasteiger partial charge < -0.3 is 10.5 Å². The van der Waals surface area contributed by atoms with E-state index in [0.717, 1.165) is 19.3 Å². The summed E-state index contributed by atoms with van der Waals surface area (Å²) in [6.07, 6.45) is 2.57. The van der Waals surface area contributed by atoms with E-state index in [1.54, 1.807) is 0 Å². The molecule has 0 saturated heterocycles. The van der Waals surface area contributed by atoms with Crippen LogP contribution in [0.5, 0.6) is 0 Å². The van der Waals surface area contributed by atoms with Gasteiger partial charge in [0.1, 0.15) is 11.1 Å². The van der Waals surface area contributed by atoms with Crippen LogP contribution in [0.2, 0.25) is 0 Å². The van der Waals surface area contributed by atoms with E-state index in [4.69, 9.17) is 10.5 Å². The molecule has 0 atom stereocenters. The molecule has 0 aromatic heterocycles. The van der Waals surface area contributed by atoms with E-state index >= 15 is 0 Å². The van der Waals surface area contributed by atoms with E-state index in [1.165, 1.54) is 0 Å². The van der Waals surface area contributed by atoms with Gasteiger partial charge in [-0.2, -0.15) is 0 Å². The van der Waals surface area contributed by atoms with Crippen molar-refractivity contribution in [3.05, 3.63) is 0 Å². The van der Waals surface area contributed by atoms with E-state index in [-0.39, 0.29) is 5.97 Å². The van der Waals surface area contributed by atoms with Crippen molar-refractivity contribution in [3.63, 3.8) is 0 Å². The van der Waals surface area contributed by atoms with Crippen molar-refractivity contribution in [2.45, 2.75) is 51.2 Å². The number of carbonyl (C=O) groups excluding carboxylic acids is 1. The molecule has 0 bridgehead atoms. The summed E-state index contributed by atoms with van der Waals surface area (Å²) >= 11 is 0. The Morgan fingerprint density at radius 2 is 1.92 bits per heavy atom. The first kappa shape index (κ1) is 9.52. The van der Waals surface area contributed by atoms with Crippen molar-refractivity contribution in [2.24, 2.45) is 5.73 Å². The maximum Gasteiger partial charge on any atom is 0.326 e. The summed E-state index contributed by atoms with van der Waals surface area (Å²) in [6, 6.07) is 0. The van der Waals surface area contributed by atoms with E-state index in [1.807, 2.05) is 20.8 Å². The summed E-state index contributed by atoms with van der Waals surface area (Å²) in [6.45, 7) is 5.56. The number of rotatable bonds is 1. The van der Waals surface area contributed by atoms with Crippen molar-refractivity contribution < 1.29 is 9.53 Å². The number of ether oxygens (including phenoxy) is 1. The third-order valence-electron chi connectivity index (χ3n) is 2.05. The zero-order valence-electron chi connectivity index (χ0n) is 8.02. The van der Waals surface area contributed by atoms with Crippen LogP contribution in [0, 0.1) is 0 Å². The SMILES string of the molecule is CC(C)(C)OC(=O)C1(N)CCC1. The molecule has 0 aliphatic heterocycles. The molecule has 0 unspecified atom stereocenters. The Balaban J connectivity index is 2.49. The van der Waals surface area contributed by atoms with E-state index in [9.17, 15) is 4.79 Å². The molecule has 0 amide bonds. The van der Waals surface area contributed by atoms with Crippen LogP contribution in [0.4, 0.5) is 0 Å². The molecule has 0 aromatic carbocycles. The monoisotopic (exact) mass is 171 g/mol. The van der Waals surface area contributed by atoms with Gasteiger partial charge in [0.2, 0.25) is 0 Å². The van der Waals surface area contributed by atoms with Gasteiger partial charge in [-0.1, -0.05) is 0 Å². The molecule has 3 nitrogen and oxygen atoms in total. The Morgan fingerprint density at radius 3 is 2.17 bits per heavy atom. The Kier molecular flexibility index (Phi) is 2.17. The maximum atomic E-state index is 11.4. The van der Waals surface area contributed by atoms with Crippen LogP contribution in [0.3, 0.4) is 0 Å². The number of nitrogens with two attached hydrogens (primary N) is 1. The summed E-state index contributed by atoms with van der Waals surface area (Å²) < 4.78 is 5.18.